The summed E-state index contributed by atoms with van der Waals surface area (Å²) in [4.78, 5) is 5.22. The molecule has 0 spiro atoms. The first-order valence-corrected chi connectivity index (χ1v) is 9.25. The van der Waals surface area contributed by atoms with Gasteiger partial charge in [0.15, 0.2) is 5.96 Å². The number of thiophene rings is 1. The average Bonchev–Trinajstić information content (AvgIpc) is 2.94. The highest BCUT2D eigenvalue weighted by molar-refractivity contribution is 14.0. The minimum absolute atomic E-state index is 0. The van der Waals surface area contributed by atoms with E-state index in [-0.39, 0.29) is 24.0 Å². The van der Waals surface area contributed by atoms with Gasteiger partial charge in [-0.3, -0.25) is 4.99 Å². The fraction of sp³-hybridized carbons (Fsp3) is 0.688. The molecule has 1 rings (SSSR count). The Labute approximate surface area is 171 Å². The number of aliphatic imine (C=N–C) groups is 1. The molecule has 1 atom stereocenters. The summed E-state index contributed by atoms with van der Waals surface area (Å²) in [5.74, 6) is 1.34. The van der Waals surface area contributed by atoms with E-state index in [0.717, 1.165) is 24.4 Å². The Balaban J connectivity index is 0.00000529. The lowest BCUT2D eigenvalue weighted by atomic mass is 10.1. The number of guanidine groups is 1. The van der Waals surface area contributed by atoms with Crippen LogP contribution in [0, 0.1) is 5.92 Å². The quantitative estimate of drug-likeness (QED) is 0.203. The molecule has 0 aliphatic rings. The van der Waals surface area contributed by atoms with E-state index in [4.69, 9.17) is 16.3 Å². The molecule has 1 aromatic heterocycles. The Hall–Kier alpha value is -0.0900. The fourth-order valence-corrected chi connectivity index (χ4v) is 2.82. The molecule has 1 unspecified atom stereocenters. The maximum atomic E-state index is 10.1. The van der Waals surface area contributed by atoms with Crippen molar-refractivity contribution in [2.75, 3.05) is 32.8 Å². The van der Waals surface area contributed by atoms with Gasteiger partial charge in [-0.1, -0.05) is 25.4 Å². The molecule has 0 saturated heterocycles. The van der Waals surface area contributed by atoms with Gasteiger partial charge in [0.2, 0.25) is 0 Å². The zero-order chi connectivity index (χ0) is 17.1. The molecule has 140 valence electrons. The SMILES string of the molecule is CCNC(=NCC(O)c1ccc(Cl)s1)NCCOCCC(C)C.I. The fourth-order valence-electron chi connectivity index (χ4n) is 1.78. The van der Waals surface area contributed by atoms with Gasteiger partial charge in [0.1, 0.15) is 6.10 Å². The molecular formula is C16H29ClIN3O2S. The normalized spacial score (nSPS) is 12.8. The van der Waals surface area contributed by atoms with Crippen LogP contribution < -0.4 is 10.6 Å². The van der Waals surface area contributed by atoms with E-state index in [2.05, 4.69) is 29.5 Å². The van der Waals surface area contributed by atoms with Crippen molar-refractivity contribution in [3.63, 3.8) is 0 Å². The maximum Gasteiger partial charge on any atom is 0.191 e. The van der Waals surface area contributed by atoms with Crippen LogP contribution in [0.4, 0.5) is 0 Å². The number of ether oxygens (including phenoxy) is 1. The molecule has 0 radical (unpaired) electrons. The Kier molecular flexibility index (Phi) is 14.1. The summed E-state index contributed by atoms with van der Waals surface area (Å²) in [6, 6.07) is 3.61. The van der Waals surface area contributed by atoms with Gasteiger partial charge >= 0.3 is 0 Å². The minimum atomic E-state index is -0.634. The molecule has 0 aliphatic heterocycles. The second kappa shape index (κ2) is 14.1. The van der Waals surface area contributed by atoms with Crippen LogP contribution in [0.25, 0.3) is 0 Å². The predicted octanol–water partition coefficient (Wildman–Crippen LogP) is 3.67. The van der Waals surface area contributed by atoms with Gasteiger partial charge in [0, 0.05) is 24.6 Å². The predicted molar refractivity (Wildman–Crippen MR) is 114 cm³/mol. The molecule has 0 amide bonds. The van der Waals surface area contributed by atoms with E-state index in [9.17, 15) is 5.11 Å². The third kappa shape index (κ3) is 10.7. The molecule has 0 fully saturated rings. The van der Waals surface area contributed by atoms with Crippen molar-refractivity contribution < 1.29 is 9.84 Å². The molecule has 1 aromatic rings. The van der Waals surface area contributed by atoms with Gasteiger partial charge in [-0.25, -0.2) is 0 Å². The van der Waals surface area contributed by atoms with Crippen molar-refractivity contribution in [2.24, 2.45) is 10.9 Å². The molecular weight excluding hydrogens is 461 g/mol. The molecule has 0 saturated carbocycles. The Bertz CT molecular complexity index is 472. The second-order valence-electron chi connectivity index (χ2n) is 5.60. The lowest BCUT2D eigenvalue weighted by Crippen LogP contribution is -2.39. The molecule has 3 N–H and O–H groups in total. The zero-order valence-corrected chi connectivity index (χ0v) is 18.5. The molecule has 0 aromatic carbocycles. The van der Waals surface area contributed by atoms with Gasteiger partial charge in [0.05, 0.1) is 17.5 Å². The van der Waals surface area contributed by atoms with E-state index < -0.39 is 6.10 Å². The highest BCUT2D eigenvalue weighted by Crippen LogP contribution is 2.26. The lowest BCUT2D eigenvalue weighted by molar-refractivity contribution is 0.128. The third-order valence-corrected chi connectivity index (χ3v) is 4.40. The summed E-state index contributed by atoms with van der Waals surface area (Å²) < 4.78 is 6.24. The van der Waals surface area contributed by atoms with Gasteiger partial charge in [-0.15, -0.1) is 35.3 Å². The summed E-state index contributed by atoms with van der Waals surface area (Å²) in [5.41, 5.74) is 0. The topological polar surface area (TPSA) is 65.9 Å². The Morgan fingerprint density at radius 1 is 1.33 bits per heavy atom. The number of halogens is 2. The highest BCUT2D eigenvalue weighted by atomic mass is 127. The summed E-state index contributed by atoms with van der Waals surface area (Å²) in [7, 11) is 0. The van der Waals surface area contributed by atoms with E-state index in [0.29, 0.717) is 35.9 Å². The van der Waals surface area contributed by atoms with Crippen LogP contribution >= 0.6 is 46.9 Å². The van der Waals surface area contributed by atoms with Gasteiger partial charge in [-0.2, -0.15) is 0 Å². The molecule has 1 heterocycles. The first-order valence-electron chi connectivity index (χ1n) is 8.06. The summed E-state index contributed by atoms with van der Waals surface area (Å²) >= 11 is 7.25. The summed E-state index contributed by atoms with van der Waals surface area (Å²) in [5, 5.41) is 16.5. The molecule has 0 aliphatic carbocycles. The van der Waals surface area contributed by atoms with Crippen LogP contribution in [0.15, 0.2) is 17.1 Å². The second-order valence-corrected chi connectivity index (χ2v) is 7.35. The van der Waals surface area contributed by atoms with E-state index in [1.807, 2.05) is 13.0 Å². The third-order valence-electron chi connectivity index (χ3n) is 3.07. The number of hydrogen-bond acceptors (Lipinski definition) is 4. The number of hydrogen-bond donors (Lipinski definition) is 3. The van der Waals surface area contributed by atoms with E-state index in [1.54, 1.807) is 6.07 Å². The number of aliphatic hydroxyl groups excluding tert-OH is 1. The van der Waals surface area contributed by atoms with Crippen molar-refractivity contribution >= 4 is 52.9 Å². The monoisotopic (exact) mass is 489 g/mol. The maximum absolute atomic E-state index is 10.1. The van der Waals surface area contributed by atoms with Crippen LogP contribution in [-0.2, 0) is 4.74 Å². The van der Waals surface area contributed by atoms with E-state index in [1.165, 1.54) is 11.3 Å². The number of aliphatic hydroxyl groups is 1. The first kappa shape index (κ1) is 23.9. The number of rotatable bonds is 10. The summed E-state index contributed by atoms with van der Waals surface area (Å²) in [6.45, 7) is 9.54. The van der Waals surface area contributed by atoms with Crippen LogP contribution in [-0.4, -0.2) is 43.9 Å². The molecule has 8 heteroatoms. The van der Waals surface area contributed by atoms with Gasteiger partial charge < -0.3 is 20.5 Å². The average molecular weight is 490 g/mol. The lowest BCUT2D eigenvalue weighted by Gasteiger charge is -2.13. The van der Waals surface area contributed by atoms with Gasteiger partial charge in [-0.05, 0) is 31.4 Å². The van der Waals surface area contributed by atoms with Crippen molar-refractivity contribution in [1.82, 2.24) is 10.6 Å². The Morgan fingerprint density at radius 3 is 2.67 bits per heavy atom. The zero-order valence-electron chi connectivity index (χ0n) is 14.5. The van der Waals surface area contributed by atoms with Crippen LogP contribution in [0.3, 0.4) is 0 Å². The standard InChI is InChI=1S/C16H28ClN3O2S.HI/c1-4-18-16(19-8-10-22-9-7-12(2)3)20-11-13(21)14-5-6-15(17)23-14;/h5-6,12-13,21H,4,7-11H2,1-3H3,(H2,18,19,20);1H. The number of nitrogens with one attached hydrogen (secondary N) is 2. The van der Waals surface area contributed by atoms with Crippen molar-refractivity contribution in [2.45, 2.75) is 33.3 Å². The highest BCUT2D eigenvalue weighted by Gasteiger charge is 2.10. The van der Waals surface area contributed by atoms with Crippen molar-refractivity contribution in [1.29, 1.82) is 0 Å². The van der Waals surface area contributed by atoms with Crippen LogP contribution in [0.2, 0.25) is 4.34 Å². The first-order chi connectivity index (χ1) is 11.0. The van der Waals surface area contributed by atoms with E-state index >= 15 is 0 Å². The Morgan fingerprint density at radius 2 is 2.08 bits per heavy atom. The van der Waals surface area contributed by atoms with Crippen LogP contribution in [0.5, 0.6) is 0 Å². The van der Waals surface area contributed by atoms with Crippen molar-refractivity contribution in [3.8, 4) is 0 Å². The largest absolute Gasteiger partial charge is 0.386 e. The van der Waals surface area contributed by atoms with Crippen LogP contribution in [0.1, 0.15) is 38.2 Å². The molecule has 5 nitrogen and oxygen atoms in total. The smallest absolute Gasteiger partial charge is 0.191 e. The number of nitrogens with zero attached hydrogens (tertiary/aromatic N) is 1. The van der Waals surface area contributed by atoms with Crippen molar-refractivity contribution in [3.05, 3.63) is 21.3 Å². The minimum Gasteiger partial charge on any atom is -0.386 e. The summed E-state index contributed by atoms with van der Waals surface area (Å²) in [6.07, 6.45) is 0.439. The molecule has 0 bridgehead atoms. The molecule has 24 heavy (non-hydrogen) atoms. The van der Waals surface area contributed by atoms with Gasteiger partial charge in [0.25, 0.3) is 0 Å².